The summed E-state index contributed by atoms with van der Waals surface area (Å²) in [5.74, 6) is -1.29. The first-order valence-corrected chi connectivity index (χ1v) is 9.50. The zero-order valence-corrected chi connectivity index (χ0v) is 15.7. The van der Waals surface area contributed by atoms with Gasteiger partial charge in [-0.25, -0.2) is 18.4 Å². The van der Waals surface area contributed by atoms with Gasteiger partial charge in [0.25, 0.3) is 5.91 Å². The maximum absolute atomic E-state index is 12.4. The van der Waals surface area contributed by atoms with Gasteiger partial charge >= 0.3 is 5.97 Å². The van der Waals surface area contributed by atoms with Crippen LogP contribution in [-0.4, -0.2) is 33.5 Å². The van der Waals surface area contributed by atoms with Gasteiger partial charge in [0.15, 0.2) is 6.10 Å². The maximum Gasteiger partial charge on any atom is 0.342 e. The molecular weight excluding hydrogens is 372 g/mol. The van der Waals surface area contributed by atoms with Gasteiger partial charge in [0.2, 0.25) is 10.0 Å². The van der Waals surface area contributed by atoms with Crippen LogP contribution in [0.1, 0.15) is 22.8 Å². The molecule has 0 aliphatic rings. The first-order valence-electron chi connectivity index (χ1n) is 7.96. The minimum Gasteiger partial charge on any atom is -0.496 e. The second-order valence-electron chi connectivity index (χ2n) is 5.66. The van der Waals surface area contributed by atoms with Crippen molar-refractivity contribution in [3.05, 3.63) is 59.7 Å². The third-order valence-corrected chi connectivity index (χ3v) is 4.59. The molecule has 2 aromatic rings. The first kappa shape index (κ1) is 20.4. The molecule has 0 heterocycles. The summed E-state index contributed by atoms with van der Waals surface area (Å²) in [7, 11) is -2.69. The third kappa shape index (κ3) is 5.53. The number of nitrogens with one attached hydrogen (secondary N) is 1. The van der Waals surface area contributed by atoms with Crippen molar-refractivity contribution in [3.63, 3.8) is 0 Å². The fourth-order valence-corrected chi connectivity index (χ4v) is 2.77. The van der Waals surface area contributed by atoms with Gasteiger partial charge in [-0.15, -0.1) is 0 Å². The number of carbonyl (C=O) groups excluding carboxylic acids is 2. The summed E-state index contributed by atoms with van der Waals surface area (Å²) >= 11 is 0. The van der Waals surface area contributed by atoms with Gasteiger partial charge in [0.05, 0.1) is 12.0 Å². The Hall–Kier alpha value is -2.91. The number of hydrogen-bond acceptors (Lipinski definition) is 6. The van der Waals surface area contributed by atoms with Crippen molar-refractivity contribution in [3.8, 4) is 5.75 Å². The van der Waals surface area contributed by atoms with E-state index in [0.29, 0.717) is 0 Å². The molecular formula is C18H20N2O6S. The summed E-state index contributed by atoms with van der Waals surface area (Å²) < 4.78 is 33.1. The number of nitrogens with two attached hydrogens (primary N) is 1. The minimum absolute atomic E-state index is 0.101. The van der Waals surface area contributed by atoms with Crippen LogP contribution in [0, 0.1) is 0 Å². The molecule has 9 heteroatoms. The molecule has 1 atom stereocenters. The zero-order valence-electron chi connectivity index (χ0n) is 14.8. The van der Waals surface area contributed by atoms with Crippen molar-refractivity contribution < 1.29 is 27.5 Å². The number of rotatable bonds is 7. The lowest BCUT2D eigenvalue weighted by atomic mass is 10.2. The van der Waals surface area contributed by atoms with Crippen molar-refractivity contribution >= 4 is 21.9 Å². The van der Waals surface area contributed by atoms with E-state index in [-0.39, 0.29) is 22.8 Å². The summed E-state index contributed by atoms with van der Waals surface area (Å²) in [5, 5.41) is 7.73. The monoisotopic (exact) mass is 392 g/mol. The Morgan fingerprint density at radius 2 is 1.81 bits per heavy atom. The summed E-state index contributed by atoms with van der Waals surface area (Å²) in [6.07, 6.45) is -1.09. The van der Waals surface area contributed by atoms with E-state index in [1.807, 2.05) is 30.3 Å². The van der Waals surface area contributed by atoms with E-state index in [2.05, 4.69) is 5.32 Å². The quantitative estimate of drug-likeness (QED) is 0.682. The molecule has 2 aromatic carbocycles. The smallest absolute Gasteiger partial charge is 0.342 e. The standard InChI is InChI=1S/C18H20N2O6S/c1-12(17(21)20-11-13-6-4-3-5-7-13)26-18(22)15-10-14(27(19,23)24)8-9-16(15)25-2/h3-10,12H,11H2,1-2H3,(H,20,21)(H2,19,23,24). The summed E-state index contributed by atoms with van der Waals surface area (Å²) in [4.78, 5) is 24.2. The maximum atomic E-state index is 12.4. The Bertz CT molecular complexity index is 928. The second kappa shape index (κ2) is 8.65. The van der Waals surface area contributed by atoms with Crippen molar-refractivity contribution in [2.75, 3.05) is 7.11 Å². The molecule has 0 aromatic heterocycles. The first-order chi connectivity index (χ1) is 12.7. The average molecular weight is 392 g/mol. The van der Waals surface area contributed by atoms with Crippen LogP contribution in [0.5, 0.6) is 5.75 Å². The molecule has 0 aliphatic carbocycles. The highest BCUT2D eigenvalue weighted by Crippen LogP contribution is 2.23. The molecule has 1 unspecified atom stereocenters. The van der Waals surface area contributed by atoms with Crippen LogP contribution >= 0.6 is 0 Å². The van der Waals surface area contributed by atoms with Crippen LogP contribution in [0.25, 0.3) is 0 Å². The number of hydrogen-bond donors (Lipinski definition) is 2. The van der Waals surface area contributed by atoms with E-state index < -0.39 is 28.0 Å². The number of benzene rings is 2. The van der Waals surface area contributed by atoms with Crippen molar-refractivity contribution in [2.45, 2.75) is 24.5 Å². The number of sulfonamides is 1. The number of esters is 1. The molecule has 144 valence electrons. The topological polar surface area (TPSA) is 125 Å². The molecule has 0 bridgehead atoms. The Morgan fingerprint density at radius 1 is 1.15 bits per heavy atom. The number of methoxy groups -OCH3 is 1. The molecule has 0 spiro atoms. The van der Waals surface area contributed by atoms with Crippen molar-refractivity contribution in [2.24, 2.45) is 5.14 Å². The molecule has 1 amide bonds. The van der Waals surface area contributed by atoms with Gasteiger partial charge in [-0.2, -0.15) is 0 Å². The molecule has 27 heavy (non-hydrogen) atoms. The van der Waals surface area contributed by atoms with Crippen LogP contribution in [0.15, 0.2) is 53.4 Å². The highest BCUT2D eigenvalue weighted by Gasteiger charge is 2.23. The molecule has 8 nitrogen and oxygen atoms in total. The van der Waals surface area contributed by atoms with E-state index in [4.69, 9.17) is 14.6 Å². The van der Waals surface area contributed by atoms with Crippen molar-refractivity contribution in [1.29, 1.82) is 0 Å². The Kier molecular flexibility index (Phi) is 6.54. The zero-order chi connectivity index (χ0) is 20.0. The predicted octanol–water partition coefficient (Wildman–Crippen LogP) is 1.20. The van der Waals surface area contributed by atoms with Crippen LogP contribution in [0.2, 0.25) is 0 Å². The van der Waals surface area contributed by atoms with E-state index in [0.717, 1.165) is 11.6 Å². The fourth-order valence-electron chi connectivity index (χ4n) is 2.23. The molecule has 0 fully saturated rings. The predicted molar refractivity (Wildman–Crippen MR) is 97.5 cm³/mol. The largest absolute Gasteiger partial charge is 0.496 e. The molecule has 0 radical (unpaired) electrons. The fraction of sp³-hybridized carbons (Fsp3) is 0.222. The Balaban J connectivity index is 2.08. The highest BCUT2D eigenvalue weighted by molar-refractivity contribution is 7.89. The van der Waals surface area contributed by atoms with Gasteiger partial charge < -0.3 is 14.8 Å². The lowest BCUT2D eigenvalue weighted by Crippen LogP contribution is -2.35. The van der Waals surface area contributed by atoms with Gasteiger partial charge in [-0.1, -0.05) is 30.3 Å². The van der Waals surface area contributed by atoms with Gasteiger partial charge in [-0.3, -0.25) is 4.79 Å². The molecule has 0 saturated carbocycles. The number of amides is 1. The second-order valence-corrected chi connectivity index (χ2v) is 7.22. The van der Waals surface area contributed by atoms with E-state index in [1.165, 1.54) is 26.2 Å². The van der Waals surface area contributed by atoms with E-state index >= 15 is 0 Å². The lowest BCUT2D eigenvalue weighted by molar-refractivity contribution is -0.129. The van der Waals surface area contributed by atoms with Gasteiger partial charge in [-0.05, 0) is 30.7 Å². The molecule has 0 aliphatic heterocycles. The van der Waals surface area contributed by atoms with E-state index in [9.17, 15) is 18.0 Å². The van der Waals surface area contributed by atoms with Crippen LogP contribution < -0.4 is 15.2 Å². The summed E-state index contributed by atoms with van der Waals surface area (Å²) in [6.45, 7) is 1.69. The summed E-state index contributed by atoms with van der Waals surface area (Å²) in [6, 6.07) is 12.8. The van der Waals surface area contributed by atoms with E-state index in [1.54, 1.807) is 0 Å². The Morgan fingerprint density at radius 3 is 2.41 bits per heavy atom. The number of primary sulfonamides is 1. The minimum atomic E-state index is -4.01. The summed E-state index contributed by atoms with van der Waals surface area (Å²) in [5.41, 5.74) is 0.749. The Labute approximate surface area is 157 Å². The lowest BCUT2D eigenvalue weighted by Gasteiger charge is -2.15. The molecule has 0 saturated heterocycles. The van der Waals surface area contributed by atoms with Crippen molar-refractivity contribution in [1.82, 2.24) is 5.32 Å². The van der Waals surface area contributed by atoms with Crippen LogP contribution in [0.3, 0.4) is 0 Å². The average Bonchev–Trinajstić information content (AvgIpc) is 2.65. The van der Waals surface area contributed by atoms with Gasteiger partial charge in [0, 0.05) is 6.54 Å². The SMILES string of the molecule is COc1ccc(S(N)(=O)=O)cc1C(=O)OC(C)C(=O)NCc1ccccc1. The normalized spacial score (nSPS) is 12.1. The number of carbonyl (C=O) groups is 2. The number of ether oxygens (including phenoxy) is 2. The third-order valence-electron chi connectivity index (χ3n) is 3.68. The molecule has 2 rings (SSSR count). The highest BCUT2D eigenvalue weighted by atomic mass is 32.2. The molecule has 3 N–H and O–H groups in total. The van der Waals surface area contributed by atoms with Crippen LogP contribution in [0.4, 0.5) is 0 Å². The van der Waals surface area contributed by atoms with Gasteiger partial charge in [0.1, 0.15) is 11.3 Å². The van der Waals surface area contributed by atoms with Crippen LogP contribution in [-0.2, 0) is 26.1 Å².